The second-order valence-electron chi connectivity index (χ2n) is 6.10. The summed E-state index contributed by atoms with van der Waals surface area (Å²) in [4.78, 5) is 0. The monoisotopic (exact) mass is 259 g/mol. The fourth-order valence-electron chi connectivity index (χ4n) is 3.95. The van der Waals surface area contributed by atoms with E-state index in [4.69, 9.17) is 10.5 Å². The largest absolute Gasteiger partial charge is 0.486 e. The summed E-state index contributed by atoms with van der Waals surface area (Å²) >= 11 is 0. The first kappa shape index (κ1) is 13.0. The summed E-state index contributed by atoms with van der Waals surface area (Å²) in [5.41, 5.74) is 7.24. The van der Waals surface area contributed by atoms with Crippen molar-refractivity contribution in [2.75, 3.05) is 6.54 Å². The minimum Gasteiger partial charge on any atom is -0.486 e. The number of hydrogen-bond acceptors (Lipinski definition) is 2. The molecule has 19 heavy (non-hydrogen) atoms. The van der Waals surface area contributed by atoms with Crippen LogP contribution < -0.4 is 10.5 Å². The lowest BCUT2D eigenvalue weighted by atomic mass is 9.76. The van der Waals surface area contributed by atoms with Gasteiger partial charge in [-0.3, -0.25) is 0 Å². The minimum atomic E-state index is 0.0787. The lowest BCUT2D eigenvalue weighted by Crippen LogP contribution is -2.37. The smallest absolute Gasteiger partial charge is 0.123 e. The van der Waals surface area contributed by atoms with Crippen molar-refractivity contribution in [2.45, 2.75) is 62.9 Å². The molecule has 2 aliphatic rings. The quantitative estimate of drug-likeness (QED) is 0.890. The van der Waals surface area contributed by atoms with E-state index in [0.29, 0.717) is 5.92 Å². The Balaban J connectivity index is 1.91. The third kappa shape index (κ3) is 2.38. The molecule has 1 spiro atoms. The van der Waals surface area contributed by atoms with Crippen molar-refractivity contribution in [3.05, 3.63) is 29.8 Å². The number of ether oxygens (including phenoxy) is 1. The highest BCUT2D eigenvalue weighted by Crippen LogP contribution is 2.52. The molecule has 2 N–H and O–H groups in total. The summed E-state index contributed by atoms with van der Waals surface area (Å²) in [6.07, 6.45) is 10.1. The zero-order chi connectivity index (χ0) is 13.1. The van der Waals surface area contributed by atoms with Gasteiger partial charge in [-0.05, 0) is 51.1 Å². The Bertz CT molecular complexity index is 421. The average Bonchev–Trinajstić information content (AvgIpc) is 2.58. The number of rotatable bonds is 3. The Morgan fingerprint density at radius 1 is 1.11 bits per heavy atom. The molecule has 1 atom stereocenters. The Morgan fingerprint density at radius 2 is 1.84 bits per heavy atom. The third-order valence-corrected chi connectivity index (χ3v) is 4.89. The van der Waals surface area contributed by atoms with Crippen LogP contribution in [-0.4, -0.2) is 12.1 Å². The van der Waals surface area contributed by atoms with Gasteiger partial charge >= 0.3 is 0 Å². The molecule has 0 bridgehead atoms. The summed E-state index contributed by atoms with van der Waals surface area (Å²) < 4.78 is 6.48. The molecule has 1 aromatic rings. The molecule has 1 aromatic carbocycles. The third-order valence-electron chi connectivity index (χ3n) is 4.89. The van der Waals surface area contributed by atoms with E-state index in [1.165, 1.54) is 50.5 Å². The number of benzene rings is 1. The Hall–Kier alpha value is -1.02. The van der Waals surface area contributed by atoms with E-state index in [2.05, 4.69) is 24.3 Å². The Kier molecular flexibility index (Phi) is 3.79. The second-order valence-corrected chi connectivity index (χ2v) is 6.10. The van der Waals surface area contributed by atoms with E-state index in [1.807, 2.05) is 0 Å². The van der Waals surface area contributed by atoms with Crippen molar-refractivity contribution in [3.63, 3.8) is 0 Å². The topological polar surface area (TPSA) is 35.2 Å². The molecule has 1 aliphatic heterocycles. The summed E-state index contributed by atoms with van der Waals surface area (Å²) in [5.74, 6) is 1.69. The molecule has 2 heteroatoms. The van der Waals surface area contributed by atoms with Crippen LogP contribution in [0.2, 0.25) is 0 Å². The van der Waals surface area contributed by atoms with Crippen molar-refractivity contribution in [3.8, 4) is 5.75 Å². The van der Waals surface area contributed by atoms with Crippen LogP contribution in [0.1, 0.15) is 62.8 Å². The Morgan fingerprint density at radius 3 is 2.58 bits per heavy atom. The van der Waals surface area contributed by atoms with Crippen molar-refractivity contribution in [2.24, 2.45) is 5.73 Å². The van der Waals surface area contributed by atoms with E-state index in [1.54, 1.807) is 0 Å². The maximum atomic E-state index is 6.48. The Labute approximate surface area is 116 Å². The van der Waals surface area contributed by atoms with E-state index >= 15 is 0 Å². The molecule has 0 aromatic heterocycles. The summed E-state index contributed by atoms with van der Waals surface area (Å²) in [5, 5.41) is 0. The SMILES string of the molecule is NCCCC1c2ccccc2OC12CCCCCC2. The van der Waals surface area contributed by atoms with E-state index in [9.17, 15) is 0 Å². The number of para-hydroxylation sites is 1. The van der Waals surface area contributed by atoms with Gasteiger partial charge in [-0.15, -0.1) is 0 Å². The predicted molar refractivity (Wildman–Crippen MR) is 78.5 cm³/mol. The zero-order valence-electron chi connectivity index (χ0n) is 11.7. The van der Waals surface area contributed by atoms with Crippen LogP contribution in [0.15, 0.2) is 24.3 Å². The van der Waals surface area contributed by atoms with Gasteiger partial charge in [-0.1, -0.05) is 31.0 Å². The van der Waals surface area contributed by atoms with E-state index in [0.717, 1.165) is 18.7 Å². The molecule has 0 saturated heterocycles. The van der Waals surface area contributed by atoms with Crippen molar-refractivity contribution >= 4 is 0 Å². The molecule has 104 valence electrons. The predicted octanol–water partition coefficient (Wildman–Crippen LogP) is 3.99. The summed E-state index contributed by atoms with van der Waals surface area (Å²) in [7, 11) is 0. The average molecular weight is 259 g/mol. The van der Waals surface area contributed by atoms with Gasteiger partial charge in [0.05, 0.1) is 0 Å². The first-order chi connectivity index (χ1) is 9.36. The van der Waals surface area contributed by atoms with Gasteiger partial charge in [0, 0.05) is 11.5 Å². The molecule has 1 saturated carbocycles. The number of hydrogen-bond donors (Lipinski definition) is 1. The van der Waals surface area contributed by atoms with Gasteiger partial charge < -0.3 is 10.5 Å². The van der Waals surface area contributed by atoms with E-state index < -0.39 is 0 Å². The molecule has 1 heterocycles. The highest BCUT2D eigenvalue weighted by Gasteiger charge is 2.47. The lowest BCUT2D eigenvalue weighted by molar-refractivity contribution is 0.0480. The summed E-state index contributed by atoms with van der Waals surface area (Å²) in [6, 6.07) is 8.64. The van der Waals surface area contributed by atoms with Gasteiger partial charge in [-0.2, -0.15) is 0 Å². The van der Waals surface area contributed by atoms with Crippen LogP contribution in [0, 0.1) is 0 Å². The molecule has 1 aliphatic carbocycles. The number of fused-ring (bicyclic) bond motifs is 1. The fraction of sp³-hybridized carbons (Fsp3) is 0.647. The molecule has 3 rings (SSSR count). The lowest BCUT2D eigenvalue weighted by Gasteiger charge is -2.34. The highest BCUT2D eigenvalue weighted by atomic mass is 16.5. The van der Waals surface area contributed by atoms with E-state index in [-0.39, 0.29) is 5.60 Å². The van der Waals surface area contributed by atoms with Gasteiger partial charge in [0.2, 0.25) is 0 Å². The fourth-order valence-corrected chi connectivity index (χ4v) is 3.95. The van der Waals surface area contributed by atoms with Crippen molar-refractivity contribution in [1.29, 1.82) is 0 Å². The molecule has 0 amide bonds. The standard InChI is InChI=1S/C17H25NO/c18-13-7-9-15-14-8-3-4-10-16(14)19-17(15)11-5-1-2-6-12-17/h3-4,8,10,15H,1-2,5-7,9,11-13,18H2. The van der Waals surface area contributed by atoms with Crippen LogP contribution in [0.4, 0.5) is 0 Å². The van der Waals surface area contributed by atoms with Gasteiger partial charge in [-0.25, -0.2) is 0 Å². The minimum absolute atomic E-state index is 0.0787. The maximum Gasteiger partial charge on any atom is 0.123 e. The van der Waals surface area contributed by atoms with Gasteiger partial charge in [0.25, 0.3) is 0 Å². The van der Waals surface area contributed by atoms with Crippen molar-refractivity contribution < 1.29 is 4.74 Å². The first-order valence-corrected chi connectivity index (χ1v) is 7.84. The molecule has 1 fully saturated rings. The van der Waals surface area contributed by atoms with Crippen molar-refractivity contribution in [1.82, 2.24) is 0 Å². The van der Waals surface area contributed by atoms with Crippen LogP contribution in [0.25, 0.3) is 0 Å². The first-order valence-electron chi connectivity index (χ1n) is 7.84. The zero-order valence-corrected chi connectivity index (χ0v) is 11.7. The second kappa shape index (κ2) is 5.54. The molecular weight excluding hydrogens is 234 g/mol. The molecular formula is C17H25NO. The maximum absolute atomic E-state index is 6.48. The normalized spacial score (nSPS) is 24.8. The van der Waals surface area contributed by atoms with Crippen LogP contribution in [-0.2, 0) is 0 Å². The number of nitrogens with two attached hydrogens (primary N) is 1. The van der Waals surface area contributed by atoms with Gasteiger partial charge in [0.15, 0.2) is 0 Å². The molecule has 2 nitrogen and oxygen atoms in total. The molecule has 0 radical (unpaired) electrons. The van der Waals surface area contributed by atoms with Crippen LogP contribution in [0.5, 0.6) is 5.75 Å². The highest BCUT2D eigenvalue weighted by molar-refractivity contribution is 5.43. The van der Waals surface area contributed by atoms with Crippen LogP contribution in [0.3, 0.4) is 0 Å². The summed E-state index contributed by atoms with van der Waals surface area (Å²) in [6.45, 7) is 0.786. The van der Waals surface area contributed by atoms with Gasteiger partial charge in [0.1, 0.15) is 11.4 Å². The molecule has 1 unspecified atom stereocenters. The van der Waals surface area contributed by atoms with Crippen LogP contribution >= 0.6 is 0 Å².